The van der Waals surface area contributed by atoms with Crippen molar-refractivity contribution >= 4 is 73.2 Å². The zero-order valence-corrected chi connectivity index (χ0v) is 13.6. The minimum absolute atomic E-state index is 0.616. The van der Waals surface area contributed by atoms with Gasteiger partial charge in [-0.05, 0) is 35.3 Å². The summed E-state index contributed by atoms with van der Waals surface area (Å²) in [5.74, 6) is 0. The SMILES string of the molecule is O=C(Cl)c1ccc(S(=O)(=O)Cl)c(S(=O)(=O)Cl)c1C(=O)Cl. The van der Waals surface area contributed by atoms with Crippen molar-refractivity contribution in [1.29, 1.82) is 0 Å². The summed E-state index contributed by atoms with van der Waals surface area (Å²) in [7, 11) is 0.807. The molecule has 0 aromatic heterocycles. The summed E-state index contributed by atoms with van der Waals surface area (Å²) >= 11 is 10.3. The van der Waals surface area contributed by atoms with Gasteiger partial charge in [-0.2, -0.15) is 0 Å². The summed E-state index contributed by atoms with van der Waals surface area (Å²) < 4.78 is 45.6. The van der Waals surface area contributed by atoms with Gasteiger partial charge in [0.2, 0.25) is 0 Å². The zero-order chi connectivity index (χ0) is 15.9. The molecule has 0 aliphatic carbocycles. The van der Waals surface area contributed by atoms with E-state index in [1.54, 1.807) is 0 Å². The molecule has 0 fully saturated rings. The van der Waals surface area contributed by atoms with Crippen LogP contribution in [0.4, 0.5) is 0 Å². The van der Waals surface area contributed by atoms with E-state index < -0.39 is 49.5 Å². The Hall–Kier alpha value is -0.380. The van der Waals surface area contributed by atoms with E-state index in [1.165, 1.54) is 0 Å². The predicted molar refractivity (Wildman–Crippen MR) is 72.9 cm³/mol. The summed E-state index contributed by atoms with van der Waals surface area (Å²) in [4.78, 5) is 20.3. The second-order valence-electron chi connectivity index (χ2n) is 3.24. The quantitative estimate of drug-likeness (QED) is 0.719. The highest BCUT2D eigenvalue weighted by atomic mass is 35.7. The number of hydrogen-bond donors (Lipinski definition) is 0. The molecule has 0 saturated heterocycles. The lowest BCUT2D eigenvalue weighted by atomic mass is 10.1. The van der Waals surface area contributed by atoms with Crippen LogP contribution in [-0.2, 0) is 18.1 Å². The van der Waals surface area contributed by atoms with E-state index in [0.29, 0.717) is 6.07 Å². The van der Waals surface area contributed by atoms with Gasteiger partial charge in [-0.25, -0.2) is 16.8 Å². The van der Waals surface area contributed by atoms with Crippen LogP contribution in [0.1, 0.15) is 20.7 Å². The zero-order valence-electron chi connectivity index (χ0n) is 8.93. The molecular weight excluding hydrogens is 398 g/mol. The Morgan fingerprint density at radius 3 is 1.65 bits per heavy atom. The number of benzene rings is 1. The smallest absolute Gasteiger partial charge is 0.263 e. The molecule has 0 aliphatic heterocycles. The van der Waals surface area contributed by atoms with Crippen molar-refractivity contribution in [2.45, 2.75) is 9.79 Å². The molecule has 0 amide bonds. The van der Waals surface area contributed by atoms with E-state index in [1.807, 2.05) is 0 Å². The first-order valence-corrected chi connectivity index (χ1v) is 9.71. The molecule has 110 valence electrons. The van der Waals surface area contributed by atoms with Gasteiger partial charge in [-0.15, -0.1) is 0 Å². The number of hydrogen-bond acceptors (Lipinski definition) is 6. The monoisotopic (exact) mass is 398 g/mol. The Kier molecular flexibility index (Phi) is 5.11. The largest absolute Gasteiger partial charge is 0.276 e. The Morgan fingerprint density at radius 2 is 1.35 bits per heavy atom. The van der Waals surface area contributed by atoms with Gasteiger partial charge >= 0.3 is 0 Å². The summed E-state index contributed by atoms with van der Waals surface area (Å²) in [6.45, 7) is 0. The predicted octanol–water partition coefficient (Wildman–Crippen LogP) is 2.30. The number of halogens is 4. The van der Waals surface area contributed by atoms with Crippen molar-refractivity contribution in [2.24, 2.45) is 0 Å². The minimum Gasteiger partial charge on any atom is -0.276 e. The molecule has 0 unspecified atom stereocenters. The van der Waals surface area contributed by atoms with Crippen molar-refractivity contribution in [2.75, 3.05) is 0 Å². The fourth-order valence-corrected chi connectivity index (χ4v) is 4.87. The lowest BCUT2D eigenvalue weighted by molar-refractivity contribution is 0.104. The minimum atomic E-state index is -4.76. The molecule has 1 rings (SSSR count). The van der Waals surface area contributed by atoms with E-state index in [-0.39, 0.29) is 0 Å². The second-order valence-corrected chi connectivity index (χ2v) is 8.96. The van der Waals surface area contributed by atoms with Gasteiger partial charge in [0.1, 0.15) is 9.79 Å². The summed E-state index contributed by atoms with van der Waals surface area (Å²) in [6, 6.07) is 1.47. The van der Waals surface area contributed by atoms with Gasteiger partial charge in [0.05, 0.1) is 5.56 Å². The van der Waals surface area contributed by atoms with Gasteiger partial charge in [0, 0.05) is 26.9 Å². The van der Waals surface area contributed by atoms with Crippen molar-refractivity contribution in [3.8, 4) is 0 Å². The van der Waals surface area contributed by atoms with E-state index in [2.05, 4.69) is 0 Å². The van der Waals surface area contributed by atoms with E-state index in [9.17, 15) is 26.4 Å². The Labute approximate surface area is 132 Å². The number of rotatable bonds is 4. The van der Waals surface area contributed by atoms with Gasteiger partial charge in [0.15, 0.2) is 0 Å². The van der Waals surface area contributed by atoms with Crippen LogP contribution >= 0.6 is 44.6 Å². The maximum absolute atomic E-state index is 11.5. The van der Waals surface area contributed by atoms with Gasteiger partial charge in [0.25, 0.3) is 28.6 Å². The summed E-state index contributed by atoms with van der Waals surface area (Å²) in [5.41, 5.74) is -1.57. The molecule has 0 heterocycles. The highest BCUT2D eigenvalue weighted by Gasteiger charge is 2.33. The molecule has 1 aromatic rings. The molecule has 0 atom stereocenters. The Balaban J connectivity index is 4.13. The molecule has 20 heavy (non-hydrogen) atoms. The molecule has 0 N–H and O–H groups in total. The van der Waals surface area contributed by atoms with E-state index >= 15 is 0 Å². The molecular formula is C8H2Cl4O6S2. The summed E-state index contributed by atoms with van der Waals surface area (Å²) in [5, 5.41) is -2.66. The number of carbonyl (C=O) groups excluding carboxylic acids is 2. The molecule has 1 aromatic carbocycles. The molecule has 0 saturated carbocycles. The van der Waals surface area contributed by atoms with Crippen LogP contribution < -0.4 is 0 Å². The van der Waals surface area contributed by atoms with Gasteiger partial charge in [-0.1, -0.05) is 0 Å². The van der Waals surface area contributed by atoms with Crippen molar-refractivity contribution in [1.82, 2.24) is 0 Å². The lowest BCUT2D eigenvalue weighted by Gasteiger charge is -2.10. The van der Waals surface area contributed by atoms with Crippen LogP contribution in [0.15, 0.2) is 21.9 Å². The fraction of sp³-hybridized carbons (Fsp3) is 0. The van der Waals surface area contributed by atoms with E-state index in [0.717, 1.165) is 6.07 Å². The van der Waals surface area contributed by atoms with Crippen molar-refractivity contribution in [3.63, 3.8) is 0 Å². The molecule has 6 nitrogen and oxygen atoms in total. The topological polar surface area (TPSA) is 102 Å². The third-order valence-electron chi connectivity index (χ3n) is 2.04. The second kappa shape index (κ2) is 5.78. The third-order valence-corrected chi connectivity index (χ3v) is 5.30. The van der Waals surface area contributed by atoms with Gasteiger partial charge in [-0.3, -0.25) is 9.59 Å². The highest BCUT2D eigenvalue weighted by molar-refractivity contribution is 8.16. The van der Waals surface area contributed by atoms with Crippen LogP contribution in [0.3, 0.4) is 0 Å². The lowest BCUT2D eigenvalue weighted by Crippen LogP contribution is -2.12. The average molecular weight is 400 g/mol. The first kappa shape index (κ1) is 17.7. The Morgan fingerprint density at radius 1 is 0.850 bits per heavy atom. The molecule has 0 spiro atoms. The van der Waals surface area contributed by atoms with Crippen LogP contribution in [0, 0.1) is 0 Å². The summed E-state index contributed by atoms with van der Waals surface area (Å²) in [6.07, 6.45) is 0. The third kappa shape index (κ3) is 3.63. The molecule has 0 bridgehead atoms. The standard InChI is InChI=1S/C8H2Cl4O6S2/c9-7(13)3-1-2-4(19(11,15)16)6(20(12,17)18)5(3)8(10)14/h1-2H. The van der Waals surface area contributed by atoms with Crippen LogP contribution in [0.25, 0.3) is 0 Å². The van der Waals surface area contributed by atoms with Crippen LogP contribution in [0.5, 0.6) is 0 Å². The average Bonchev–Trinajstić information content (AvgIpc) is 2.24. The van der Waals surface area contributed by atoms with Gasteiger partial charge < -0.3 is 0 Å². The molecule has 0 radical (unpaired) electrons. The fourth-order valence-electron chi connectivity index (χ4n) is 1.36. The maximum Gasteiger partial charge on any atom is 0.263 e. The maximum atomic E-state index is 11.5. The Bertz CT molecular complexity index is 812. The first-order valence-electron chi connectivity index (χ1n) is 4.33. The molecule has 0 aliphatic rings. The first-order chi connectivity index (χ1) is 8.87. The van der Waals surface area contributed by atoms with Crippen LogP contribution in [0.2, 0.25) is 0 Å². The van der Waals surface area contributed by atoms with E-state index in [4.69, 9.17) is 44.6 Å². The normalized spacial score (nSPS) is 12.2. The molecule has 12 heteroatoms. The highest BCUT2D eigenvalue weighted by Crippen LogP contribution is 2.33. The van der Waals surface area contributed by atoms with Crippen molar-refractivity contribution < 1.29 is 26.4 Å². The number of carbonyl (C=O) groups is 2. The van der Waals surface area contributed by atoms with Crippen molar-refractivity contribution in [3.05, 3.63) is 23.3 Å². The van der Waals surface area contributed by atoms with Crippen LogP contribution in [-0.4, -0.2) is 27.3 Å².